The zero-order valence-corrected chi connectivity index (χ0v) is 11.5. The van der Waals surface area contributed by atoms with Crippen molar-refractivity contribution in [3.8, 4) is 0 Å². The highest BCUT2D eigenvalue weighted by atomic mass is 32.2. The second-order valence-corrected chi connectivity index (χ2v) is 6.96. The molecule has 3 heteroatoms. The maximum Gasteiger partial charge on any atom is 0.0762 e. The Morgan fingerprint density at radius 3 is 2.31 bits per heavy atom. The summed E-state index contributed by atoms with van der Waals surface area (Å²) in [6.07, 6.45) is 6.97. The molecule has 0 aromatic rings. The monoisotopic (exact) mass is 243 g/mol. The third-order valence-electron chi connectivity index (χ3n) is 4.92. The van der Waals surface area contributed by atoms with E-state index in [1.54, 1.807) is 0 Å². The predicted octanol–water partition coefficient (Wildman–Crippen LogP) is 3.94. The first-order chi connectivity index (χ1) is 7.53. The number of nitrogens with one attached hydrogen (secondary N) is 1. The van der Waals surface area contributed by atoms with Crippen molar-refractivity contribution >= 4 is 12.2 Å². The minimum absolute atomic E-state index is 0.378. The molecule has 0 heterocycles. The van der Waals surface area contributed by atoms with E-state index in [2.05, 4.69) is 25.5 Å². The highest BCUT2D eigenvalue weighted by Crippen LogP contribution is 2.51. The van der Waals surface area contributed by atoms with E-state index in [-0.39, 0.29) is 0 Å². The van der Waals surface area contributed by atoms with Crippen molar-refractivity contribution in [3.05, 3.63) is 0 Å². The lowest BCUT2D eigenvalue weighted by Gasteiger charge is -2.49. The van der Waals surface area contributed by atoms with Crippen molar-refractivity contribution in [1.82, 2.24) is 4.72 Å². The van der Waals surface area contributed by atoms with Gasteiger partial charge in [0.2, 0.25) is 0 Å². The van der Waals surface area contributed by atoms with Gasteiger partial charge in [-0.25, -0.2) is 4.72 Å². The summed E-state index contributed by atoms with van der Waals surface area (Å²) in [6.45, 7) is 7.02. The van der Waals surface area contributed by atoms with E-state index in [1.165, 1.54) is 32.1 Å². The smallest absolute Gasteiger partial charge is 0.0762 e. The third kappa shape index (κ3) is 2.57. The Morgan fingerprint density at radius 1 is 1.25 bits per heavy atom. The first kappa shape index (κ1) is 12.7. The fourth-order valence-corrected chi connectivity index (χ4v) is 4.65. The fourth-order valence-electron chi connectivity index (χ4n) is 4.21. The van der Waals surface area contributed by atoms with Crippen LogP contribution in [-0.4, -0.2) is 10.6 Å². The third-order valence-corrected chi connectivity index (χ3v) is 5.38. The second-order valence-electron chi connectivity index (χ2n) is 6.54. The molecule has 3 unspecified atom stereocenters. The van der Waals surface area contributed by atoms with Gasteiger partial charge in [-0.2, -0.15) is 0 Å². The summed E-state index contributed by atoms with van der Waals surface area (Å²) in [4.78, 5) is 0. The van der Waals surface area contributed by atoms with Gasteiger partial charge < -0.3 is 4.55 Å². The van der Waals surface area contributed by atoms with Crippen LogP contribution in [-0.2, 0) is 0 Å². The van der Waals surface area contributed by atoms with Crippen LogP contribution in [0.2, 0.25) is 0 Å². The van der Waals surface area contributed by atoms with E-state index in [9.17, 15) is 0 Å². The van der Waals surface area contributed by atoms with Gasteiger partial charge in [0.25, 0.3) is 0 Å². The summed E-state index contributed by atoms with van der Waals surface area (Å²) in [5, 5.41) is 0. The van der Waals surface area contributed by atoms with Crippen LogP contribution in [0.1, 0.15) is 52.9 Å². The van der Waals surface area contributed by atoms with Crippen molar-refractivity contribution in [2.45, 2.75) is 58.9 Å². The van der Waals surface area contributed by atoms with E-state index in [4.69, 9.17) is 4.55 Å². The normalized spacial score (nSPS) is 45.4. The fraction of sp³-hybridized carbons (Fsp3) is 1.00. The quantitative estimate of drug-likeness (QED) is 0.582. The molecule has 2 saturated carbocycles. The molecule has 2 N–H and O–H groups in total. The molecule has 0 spiro atoms. The molecule has 0 saturated heterocycles. The average Bonchev–Trinajstić information content (AvgIpc) is 2.15. The lowest BCUT2D eigenvalue weighted by atomic mass is 9.58. The number of hydrogen-bond acceptors (Lipinski definition) is 3. The first-order valence-corrected chi connectivity index (χ1v) is 7.37. The zero-order chi connectivity index (χ0) is 11.8. The van der Waals surface area contributed by atoms with Crippen molar-refractivity contribution in [1.29, 1.82) is 0 Å². The van der Waals surface area contributed by atoms with Crippen molar-refractivity contribution in [2.24, 2.45) is 23.2 Å². The van der Waals surface area contributed by atoms with E-state index in [0.717, 1.165) is 30.0 Å². The van der Waals surface area contributed by atoms with Crippen LogP contribution in [0.3, 0.4) is 0 Å². The van der Waals surface area contributed by atoms with Gasteiger partial charge in [0, 0.05) is 6.04 Å². The van der Waals surface area contributed by atoms with Crippen molar-refractivity contribution < 1.29 is 4.55 Å². The van der Waals surface area contributed by atoms with Gasteiger partial charge in [0.15, 0.2) is 0 Å². The standard InChI is InChI=1S/C13H25NOS/c1-9-4-11-6-12(5-9)8-13(3,7-11)10(2)14-16-15/h9-12,14-15H,4-8H2,1-3H3. The molecule has 2 bridgehead atoms. The van der Waals surface area contributed by atoms with E-state index < -0.39 is 0 Å². The van der Waals surface area contributed by atoms with Crippen LogP contribution in [0.4, 0.5) is 0 Å². The van der Waals surface area contributed by atoms with Crippen LogP contribution >= 0.6 is 12.2 Å². The highest BCUT2D eigenvalue weighted by molar-refractivity contribution is 7.91. The summed E-state index contributed by atoms with van der Waals surface area (Å²) >= 11 is 0.781. The van der Waals surface area contributed by atoms with Crippen LogP contribution in [0, 0.1) is 23.2 Å². The highest BCUT2D eigenvalue weighted by Gasteiger charge is 2.43. The van der Waals surface area contributed by atoms with Crippen LogP contribution in [0.15, 0.2) is 0 Å². The Balaban J connectivity index is 2.03. The molecular weight excluding hydrogens is 218 g/mol. The molecule has 0 aliphatic heterocycles. The van der Waals surface area contributed by atoms with Crippen molar-refractivity contribution in [2.75, 3.05) is 0 Å². The topological polar surface area (TPSA) is 32.3 Å². The summed E-state index contributed by atoms with van der Waals surface area (Å²) < 4.78 is 12.1. The van der Waals surface area contributed by atoms with E-state index >= 15 is 0 Å². The van der Waals surface area contributed by atoms with Gasteiger partial charge in [-0.3, -0.25) is 0 Å². The average molecular weight is 243 g/mol. The lowest BCUT2D eigenvalue weighted by molar-refractivity contribution is 0.0300. The molecule has 0 radical (unpaired) electrons. The molecule has 3 atom stereocenters. The molecule has 94 valence electrons. The number of fused-ring (bicyclic) bond motifs is 2. The molecule has 2 aliphatic carbocycles. The molecule has 2 rings (SSSR count). The Bertz CT molecular complexity index is 228. The SMILES string of the molecule is CC1CC2CC(C1)CC(C)(C(C)NSO)C2. The lowest BCUT2D eigenvalue weighted by Crippen LogP contribution is -2.46. The van der Waals surface area contributed by atoms with Gasteiger partial charge >= 0.3 is 0 Å². The summed E-state index contributed by atoms with van der Waals surface area (Å²) in [5.74, 6) is 2.80. The summed E-state index contributed by atoms with van der Waals surface area (Å²) in [7, 11) is 0. The maximum absolute atomic E-state index is 8.93. The van der Waals surface area contributed by atoms with Crippen LogP contribution in [0.5, 0.6) is 0 Å². The minimum atomic E-state index is 0.378. The molecular formula is C13H25NOS. The Hall–Kier alpha value is 0.270. The Labute approximate surface area is 104 Å². The molecule has 2 nitrogen and oxygen atoms in total. The maximum atomic E-state index is 8.93. The van der Waals surface area contributed by atoms with Gasteiger partial charge in [-0.1, -0.05) is 13.8 Å². The van der Waals surface area contributed by atoms with Gasteiger partial charge in [-0.15, -0.1) is 0 Å². The Kier molecular flexibility index (Phi) is 3.87. The largest absolute Gasteiger partial charge is 0.317 e. The molecule has 0 amide bonds. The van der Waals surface area contributed by atoms with E-state index in [0.29, 0.717) is 11.5 Å². The summed E-state index contributed by atoms with van der Waals surface area (Å²) in [6, 6.07) is 0.404. The summed E-state index contributed by atoms with van der Waals surface area (Å²) in [5.41, 5.74) is 0.378. The van der Waals surface area contributed by atoms with Crippen LogP contribution < -0.4 is 4.72 Å². The first-order valence-electron chi connectivity index (χ1n) is 6.59. The zero-order valence-electron chi connectivity index (χ0n) is 10.7. The van der Waals surface area contributed by atoms with Gasteiger partial charge in [0.05, 0.1) is 12.2 Å². The van der Waals surface area contributed by atoms with E-state index in [1.807, 2.05) is 0 Å². The molecule has 2 fully saturated rings. The number of rotatable bonds is 3. The second kappa shape index (κ2) is 4.87. The van der Waals surface area contributed by atoms with Gasteiger partial charge in [0.1, 0.15) is 0 Å². The molecule has 0 aromatic carbocycles. The van der Waals surface area contributed by atoms with Crippen LogP contribution in [0.25, 0.3) is 0 Å². The molecule has 0 aromatic heterocycles. The Morgan fingerprint density at radius 2 is 1.81 bits per heavy atom. The minimum Gasteiger partial charge on any atom is -0.317 e. The predicted molar refractivity (Wildman–Crippen MR) is 70.2 cm³/mol. The van der Waals surface area contributed by atoms with Gasteiger partial charge in [-0.05, 0) is 62.2 Å². The molecule has 16 heavy (non-hydrogen) atoms. The van der Waals surface area contributed by atoms with Crippen molar-refractivity contribution in [3.63, 3.8) is 0 Å². The number of hydrogen-bond donors (Lipinski definition) is 2. The molecule has 2 aliphatic rings.